The SMILES string of the molecule is COc1ccc(C(=O)NC(CCc2ccccc2)c2ccc3c(c2)OCCCO3)c(C)c1. The highest BCUT2D eigenvalue weighted by molar-refractivity contribution is 5.96. The van der Waals surface area contributed by atoms with Crippen molar-refractivity contribution in [1.29, 1.82) is 0 Å². The molecule has 1 heterocycles. The standard InChI is InChI=1S/C27H29NO4/c1-19-17-22(30-2)11-12-23(19)27(29)28-24(13-9-20-7-4-3-5-8-20)21-10-14-25-26(18-21)32-16-6-15-31-25/h3-5,7-8,10-12,14,17-18,24H,6,9,13,15-16H2,1-2H3,(H,28,29). The number of carbonyl (C=O) groups excluding carboxylic acids is 1. The highest BCUT2D eigenvalue weighted by Crippen LogP contribution is 2.33. The van der Waals surface area contributed by atoms with Gasteiger partial charge in [-0.15, -0.1) is 0 Å². The molecule has 1 aliphatic rings. The molecule has 1 N–H and O–H groups in total. The summed E-state index contributed by atoms with van der Waals surface area (Å²) in [5.41, 5.74) is 3.76. The van der Waals surface area contributed by atoms with Crippen LogP contribution in [0.25, 0.3) is 0 Å². The third-order valence-electron chi connectivity index (χ3n) is 5.72. The Bertz CT molecular complexity index is 1060. The molecule has 0 spiro atoms. The molecule has 32 heavy (non-hydrogen) atoms. The van der Waals surface area contributed by atoms with Crippen molar-refractivity contribution >= 4 is 5.91 Å². The summed E-state index contributed by atoms with van der Waals surface area (Å²) in [7, 11) is 1.62. The summed E-state index contributed by atoms with van der Waals surface area (Å²) in [6.45, 7) is 3.20. The van der Waals surface area contributed by atoms with Gasteiger partial charge in [0.05, 0.1) is 26.4 Å². The molecule has 4 rings (SSSR count). The summed E-state index contributed by atoms with van der Waals surface area (Å²) in [5, 5.41) is 3.24. The van der Waals surface area contributed by atoms with Crippen molar-refractivity contribution in [2.45, 2.75) is 32.2 Å². The molecule has 166 valence electrons. The number of nitrogens with one attached hydrogen (secondary N) is 1. The Morgan fingerprint density at radius 3 is 2.53 bits per heavy atom. The molecule has 3 aromatic carbocycles. The second-order valence-electron chi connectivity index (χ2n) is 7.99. The first kappa shape index (κ1) is 21.8. The number of carbonyl (C=O) groups is 1. The predicted octanol–water partition coefficient (Wildman–Crippen LogP) is 5.27. The van der Waals surface area contributed by atoms with Crippen LogP contribution in [0.15, 0.2) is 66.7 Å². The number of aryl methyl sites for hydroxylation is 2. The fraction of sp³-hybridized carbons (Fsp3) is 0.296. The Labute approximate surface area is 189 Å². The van der Waals surface area contributed by atoms with Crippen LogP contribution in [0.4, 0.5) is 0 Å². The smallest absolute Gasteiger partial charge is 0.252 e. The first-order chi connectivity index (χ1) is 15.6. The molecular weight excluding hydrogens is 402 g/mol. The van der Waals surface area contributed by atoms with Crippen LogP contribution in [0.5, 0.6) is 17.2 Å². The van der Waals surface area contributed by atoms with Gasteiger partial charge in [-0.2, -0.15) is 0 Å². The Morgan fingerprint density at radius 1 is 1.00 bits per heavy atom. The minimum absolute atomic E-state index is 0.102. The van der Waals surface area contributed by atoms with E-state index in [0.29, 0.717) is 18.8 Å². The van der Waals surface area contributed by atoms with E-state index >= 15 is 0 Å². The summed E-state index contributed by atoms with van der Waals surface area (Å²) < 4.78 is 16.9. The third kappa shape index (κ3) is 5.22. The van der Waals surface area contributed by atoms with Gasteiger partial charge in [0.1, 0.15) is 5.75 Å². The van der Waals surface area contributed by atoms with Gasteiger partial charge in [-0.1, -0.05) is 36.4 Å². The van der Waals surface area contributed by atoms with E-state index in [4.69, 9.17) is 14.2 Å². The lowest BCUT2D eigenvalue weighted by atomic mass is 9.97. The van der Waals surface area contributed by atoms with Gasteiger partial charge in [0.25, 0.3) is 5.91 Å². The summed E-state index contributed by atoms with van der Waals surface area (Å²) >= 11 is 0. The monoisotopic (exact) mass is 431 g/mol. The molecule has 3 aromatic rings. The Balaban J connectivity index is 1.59. The summed E-state index contributed by atoms with van der Waals surface area (Å²) in [6, 6.07) is 21.6. The highest BCUT2D eigenvalue weighted by Gasteiger charge is 2.20. The largest absolute Gasteiger partial charge is 0.497 e. The van der Waals surface area contributed by atoms with Crippen LogP contribution in [0.1, 0.15) is 45.9 Å². The van der Waals surface area contributed by atoms with E-state index in [1.54, 1.807) is 7.11 Å². The van der Waals surface area contributed by atoms with Crippen molar-refractivity contribution in [2.75, 3.05) is 20.3 Å². The van der Waals surface area contributed by atoms with E-state index in [2.05, 4.69) is 17.4 Å². The van der Waals surface area contributed by atoms with Gasteiger partial charge in [0, 0.05) is 12.0 Å². The molecule has 0 fully saturated rings. The van der Waals surface area contributed by atoms with Crippen molar-refractivity contribution in [1.82, 2.24) is 5.32 Å². The van der Waals surface area contributed by atoms with Gasteiger partial charge in [0.2, 0.25) is 0 Å². The van der Waals surface area contributed by atoms with Crippen LogP contribution in [-0.4, -0.2) is 26.2 Å². The number of fused-ring (bicyclic) bond motifs is 1. The fourth-order valence-corrected chi connectivity index (χ4v) is 3.93. The maximum Gasteiger partial charge on any atom is 0.252 e. The van der Waals surface area contributed by atoms with Crippen molar-refractivity contribution in [2.24, 2.45) is 0 Å². The van der Waals surface area contributed by atoms with Crippen LogP contribution >= 0.6 is 0 Å². The van der Waals surface area contributed by atoms with Crippen molar-refractivity contribution in [3.8, 4) is 17.2 Å². The van der Waals surface area contributed by atoms with Crippen LogP contribution in [0.3, 0.4) is 0 Å². The molecule has 1 aliphatic heterocycles. The minimum Gasteiger partial charge on any atom is -0.497 e. The summed E-state index contributed by atoms with van der Waals surface area (Å²) in [6.07, 6.45) is 2.47. The second kappa shape index (κ2) is 10.2. The maximum atomic E-state index is 13.2. The van der Waals surface area contributed by atoms with E-state index < -0.39 is 0 Å². The average Bonchev–Trinajstić information content (AvgIpc) is 3.07. The normalized spacial score (nSPS) is 13.7. The maximum absolute atomic E-state index is 13.2. The van der Waals surface area contributed by atoms with Gasteiger partial charge < -0.3 is 19.5 Å². The number of ether oxygens (including phenoxy) is 3. The number of rotatable bonds is 7. The van der Waals surface area contributed by atoms with E-state index in [1.807, 2.05) is 61.5 Å². The van der Waals surface area contributed by atoms with E-state index in [-0.39, 0.29) is 11.9 Å². The molecule has 5 heteroatoms. The number of hydrogen-bond donors (Lipinski definition) is 1. The molecule has 0 saturated heterocycles. The van der Waals surface area contributed by atoms with Crippen molar-refractivity contribution in [3.63, 3.8) is 0 Å². The molecule has 0 aromatic heterocycles. The van der Waals surface area contributed by atoms with Gasteiger partial charge >= 0.3 is 0 Å². The lowest BCUT2D eigenvalue weighted by Crippen LogP contribution is -2.29. The third-order valence-corrected chi connectivity index (χ3v) is 5.72. The van der Waals surface area contributed by atoms with Crippen LogP contribution < -0.4 is 19.5 Å². The zero-order chi connectivity index (χ0) is 22.3. The molecule has 0 aliphatic carbocycles. The summed E-state index contributed by atoms with van der Waals surface area (Å²) in [4.78, 5) is 13.2. The first-order valence-electron chi connectivity index (χ1n) is 11.0. The molecule has 1 unspecified atom stereocenters. The van der Waals surface area contributed by atoms with Gasteiger partial charge in [0.15, 0.2) is 11.5 Å². The summed E-state index contributed by atoms with van der Waals surface area (Å²) in [5.74, 6) is 2.13. The minimum atomic E-state index is -0.165. The number of benzene rings is 3. The molecule has 1 atom stereocenters. The van der Waals surface area contributed by atoms with Crippen molar-refractivity contribution < 1.29 is 19.0 Å². The van der Waals surface area contributed by atoms with Crippen molar-refractivity contribution in [3.05, 3.63) is 89.0 Å². The quantitative estimate of drug-likeness (QED) is 0.554. The topological polar surface area (TPSA) is 56.8 Å². The average molecular weight is 432 g/mol. The van der Waals surface area contributed by atoms with E-state index in [9.17, 15) is 4.79 Å². The zero-order valence-corrected chi connectivity index (χ0v) is 18.6. The van der Waals surface area contributed by atoms with Crippen LogP contribution in [0.2, 0.25) is 0 Å². The van der Waals surface area contributed by atoms with Gasteiger partial charge in [-0.25, -0.2) is 0 Å². The van der Waals surface area contributed by atoms with Gasteiger partial charge in [-0.05, 0) is 66.8 Å². The number of hydrogen-bond acceptors (Lipinski definition) is 4. The molecule has 0 radical (unpaired) electrons. The fourth-order valence-electron chi connectivity index (χ4n) is 3.93. The lowest BCUT2D eigenvalue weighted by Gasteiger charge is -2.21. The Morgan fingerprint density at radius 2 is 1.78 bits per heavy atom. The molecular formula is C27H29NO4. The molecule has 1 amide bonds. The Hall–Kier alpha value is -3.47. The second-order valence-corrected chi connectivity index (χ2v) is 7.99. The molecule has 5 nitrogen and oxygen atoms in total. The predicted molar refractivity (Wildman–Crippen MR) is 125 cm³/mol. The molecule has 0 saturated carbocycles. The highest BCUT2D eigenvalue weighted by atomic mass is 16.5. The van der Waals surface area contributed by atoms with E-state index in [0.717, 1.165) is 47.6 Å². The lowest BCUT2D eigenvalue weighted by molar-refractivity contribution is 0.0934. The van der Waals surface area contributed by atoms with Crippen LogP contribution in [-0.2, 0) is 6.42 Å². The molecule has 0 bridgehead atoms. The zero-order valence-electron chi connectivity index (χ0n) is 18.6. The Kier molecular flexibility index (Phi) is 6.95. The van der Waals surface area contributed by atoms with Crippen LogP contribution in [0, 0.1) is 6.92 Å². The first-order valence-corrected chi connectivity index (χ1v) is 11.0. The van der Waals surface area contributed by atoms with Gasteiger partial charge in [-0.3, -0.25) is 4.79 Å². The van der Waals surface area contributed by atoms with E-state index in [1.165, 1.54) is 5.56 Å². The number of methoxy groups -OCH3 is 1. The number of amides is 1.